The summed E-state index contributed by atoms with van der Waals surface area (Å²) in [6.07, 6.45) is 1.40. The lowest BCUT2D eigenvalue weighted by atomic mass is 9.96. The van der Waals surface area contributed by atoms with Gasteiger partial charge in [-0.2, -0.15) is 0 Å². The van der Waals surface area contributed by atoms with E-state index in [4.69, 9.17) is 5.73 Å². The Labute approximate surface area is 147 Å². The van der Waals surface area contributed by atoms with Gasteiger partial charge in [0.25, 0.3) is 0 Å². The van der Waals surface area contributed by atoms with Crippen molar-refractivity contribution >= 4 is 35.9 Å². The molecule has 0 spiro atoms. The number of rotatable bonds is 6. The van der Waals surface area contributed by atoms with Crippen LogP contribution < -0.4 is 16.4 Å². The van der Waals surface area contributed by atoms with E-state index in [1.807, 2.05) is 6.92 Å². The molecule has 132 valence electrons. The fraction of sp³-hybridized carbons (Fsp3) is 0.438. The Morgan fingerprint density at radius 3 is 2.71 bits per heavy atom. The summed E-state index contributed by atoms with van der Waals surface area (Å²) in [5, 5.41) is 5.26. The Kier molecular flexibility index (Phi) is 6.74. The summed E-state index contributed by atoms with van der Waals surface area (Å²) in [6.45, 7) is 3.86. The predicted octanol–water partition coefficient (Wildman–Crippen LogP) is 1.62. The summed E-state index contributed by atoms with van der Waals surface area (Å²) in [7, 11) is 0. The van der Waals surface area contributed by atoms with Gasteiger partial charge < -0.3 is 16.4 Å². The normalized spacial score (nSPS) is 16.2. The van der Waals surface area contributed by atoms with E-state index in [1.54, 1.807) is 31.2 Å². The molecule has 1 aliphatic rings. The van der Waals surface area contributed by atoms with Crippen molar-refractivity contribution in [2.24, 2.45) is 5.73 Å². The van der Waals surface area contributed by atoms with Gasteiger partial charge >= 0.3 is 6.03 Å². The number of carbonyl (C=O) groups is 3. The monoisotopic (exact) mass is 354 g/mol. The van der Waals surface area contributed by atoms with Crippen molar-refractivity contribution in [3.8, 4) is 0 Å². The van der Waals surface area contributed by atoms with Crippen molar-refractivity contribution in [3.05, 3.63) is 29.8 Å². The van der Waals surface area contributed by atoms with Crippen molar-refractivity contribution in [1.29, 1.82) is 0 Å². The van der Waals surface area contributed by atoms with Crippen LogP contribution in [-0.4, -0.2) is 34.8 Å². The standard InChI is InChI=1S/C16H22N4O3.ClH/c1-3-7-16(2,17)14(22)19-12-6-4-5-11(8-12)10-20-13(21)9-18-15(20)23;/h4-6,8H,3,7,9-10,17H2,1-2H3,(H,18,23)(H,19,22);1H. The van der Waals surface area contributed by atoms with Gasteiger partial charge in [0.15, 0.2) is 0 Å². The Hall–Kier alpha value is -2.12. The molecule has 4 N–H and O–H groups in total. The second-order valence-corrected chi connectivity index (χ2v) is 5.96. The van der Waals surface area contributed by atoms with Crippen molar-refractivity contribution < 1.29 is 14.4 Å². The Morgan fingerprint density at radius 1 is 1.42 bits per heavy atom. The smallest absolute Gasteiger partial charge is 0.324 e. The quantitative estimate of drug-likeness (QED) is 0.675. The van der Waals surface area contributed by atoms with Gasteiger partial charge in [-0.25, -0.2) is 4.79 Å². The van der Waals surface area contributed by atoms with Gasteiger partial charge in [0.2, 0.25) is 11.8 Å². The molecule has 0 radical (unpaired) electrons. The van der Waals surface area contributed by atoms with E-state index in [0.717, 1.165) is 16.9 Å². The minimum Gasteiger partial charge on any atom is -0.329 e. The average Bonchev–Trinajstić information content (AvgIpc) is 2.79. The van der Waals surface area contributed by atoms with Gasteiger partial charge in [-0.15, -0.1) is 12.4 Å². The first-order valence-electron chi connectivity index (χ1n) is 7.61. The molecule has 2 rings (SSSR count). The summed E-state index contributed by atoms with van der Waals surface area (Å²) in [6, 6.07) is 6.63. The molecule has 8 heteroatoms. The predicted molar refractivity (Wildman–Crippen MR) is 93.8 cm³/mol. The summed E-state index contributed by atoms with van der Waals surface area (Å²) in [5.74, 6) is -0.520. The number of hydrogen-bond acceptors (Lipinski definition) is 4. The highest BCUT2D eigenvalue weighted by molar-refractivity contribution is 6.02. The number of amides is 4. The lowest BCUT2D eigenvalue weighted by Crippen LogP contribution is -2.48. The first-order valence-corrected chi connectivity index (χ1v) is 7.61. The molecule has 1 heterocycles. The molecule has 1 aromatic carbocycles. The molecule has 0 aliphatic carbocycles. The van der Waals surface area contributed by atoms with E-state index >= 15 is 0 Å². The summed E-state index contributed by atoms with van der Waals surface area (Å²) >= 11 is 0. The number of halogens is 1. The molecule has 1 aliphatic heterocycles. The number of hydrogen-bond donors (Lipinski definition) is 3. The van der Waals surface area contributed by atoms with Crippen LogP contribution >= 0.6 is 12.4 Å². The number of benzene rings is 1. The van der Waals surface area contributed by atoms with Crippen LogP contribution in [0.3, 0.4) is 0 Å². The molecule has 4 amide bonds. The first-order chi connectivity index (χ1) is 10.8. The number of urea groups is 1. The minimum absolute atomic E-state index is 0. The van der Waals surface area contributed by atoms with Gasteiger partial charge in [0.05, 0.1) is 18.6 Å². The molecule has 0 saturated carbocycles. The van der Waals surface area contributed by atoms with Crippen LogP contribution in [0.1, 0.15) is 32.3 Å². The largest absolute Gasteiger partial charge is 0.329 e. The number of nitrogens with zero attached hydrogens (tertiary/aromatic N) is 1. The molecule has 1 unspecified atom stereocenters. The third kappa shape index (κ3) is 4.69. The van der Waals surface area contributed by atoms with Crippen molar-refractivity contribution in [2.75, 3.05) is 11.9 Å². The maximum absolute atomic E-state index is 12.2. The Bertz CT molecular complexity index is 618. The number of nitrogens with one attached hydrogen (secondary N) is 2. The molecule has 1 aromatic rings. The topological polar surface area (TPSA) is 105 Å². The Balaban J connectivity index is 0.00000288. The van der Waals surface area contributed by atoms with Crippen molar-refractivity contribution in [1.82, 2.24) is 10.2 Å². The van der Waals surface area contributed by atoms with Gasteiger partial charge in [-0.1, -0.05) is 25.5 Å². The molecular formula is C16H23ClN4O3. The van der Waals surface area contributed by atoms with Crippen LogP contribution in [0.4, 0.5) is 10.5 Å². The number of anilines is 1. The van der Waals surface area contributed by atoms with E-state index in [2.05, 4.69) is 10.6 Å². The van der Waals surface area contributed by atoms with Gasteiger partial charge in [-0.3, -0.25) is 14.5 Å². The zero-order chi connectivity index (χ0) is 17.0. The van der Waals surface area contributed by atoms with E-state index in [1.165, 1.54) is 0 Å². The minimum atomic E-state index is -0.935. The lowest BCUT2D eigenvalue weighted by Gasteiger charge is -2.23. The summed E-state index contributed by atoms with van der Waals surface area (Å²) < 4.78 is 0. The zero-order valence-electron chi connectivity index (χ0n) is 13.8. The highest BCUT2D eigenvalue weighted by atomic mass is 35.5. The maximum atomic E-state index is 12.2. The number of nitrogens with two attached hydrogens (primary N) is 1. The zero-order valence-corrected chi connectivity index (χ0v) is 14.6. The number of imide groups is 1. The van der Waals surface area contributed by atoms with E-state index in [9.17, 15) is 14.4 Å². The fourth-order valence-electron chi connectivity index (χ4n) is 2.45. The van der Waals surface area contributed by atoms with E-state index in [0.29, 0.717) is 12.1 Å². The van der Waals surface area contributed by atoms with Gasteiger partial charge in [0.1, 0.15) is 0 Å². The van der Waals surface area contributed by atoms with E-state index in [-0.39, 0.29) is 37.3 Å². The van der Waals surface area contributed by atoms with Crippen LogP contribution in [0.2, 0.25) is 0 Å². The van der Waals surface area contributed by atoms with Crippen molar-refractivity contribution in [2.45, 2.75) is 38.8 Å². The highest BCUT2D eigenvalue weighted by Crippen LogP contribution is 2.17. The third-order valence-electron chi connectivity index (χ3n) is 3.75. The second-order valence-electron chi connectivity index (χ2n) is 5.96. The van der Waals surface area contributed by atoms with Crippen LogP contribution in [-0.2, 0) is 16.1 Å². The highest BCUT2D eigenvalue weighted by Gasteiger charge is 2.29. The SMILES string of the molecule is CCCC(C)(N)C(=O)Nc1cccc(CN2C(=O)CNC2=O)c1.Cl. The van der Waals surface area contributed by atoms with Gasteiger partial charge in [0, 0.05) is 5.69 Å². The third-order valence-corrected chi connectivity index (χ3v) is 3.75. The Morgan fingerprint density at radius 2 is 2.12 bits per heavy atom. The maximum Gasteiger partial charge on any atom is 0.324 e. The van der Waals surface area contributed by atoms with Crippen LogP contribution in [0.15, 0.2) is 24.3 Å². The van der Waals surface area contributed by atoms with Crippen molar-refractivity contribution in [3.63, 3.8) is 0 Å². The first kappa shape index (κ1) is 19.9. The fourth-order valence-corrected chi connectivity index (χ4v) is 2.45. The molecule has 7 nitrogen and oxygen atoms in total. The molecule has 0 bridgehead atoms. The van der Waals surface area contributed by atoms with Crippen LogP contribution in [0, 0.1) is 0 Å². The number of carbonyl (C=O) groups excluding carboxylic acids is 3. The molecule has 1 fully saturated rings. The second kappa shape index (κ2) is 8.12. The summed E-state index contributed by atoms with van der Waals surface area (Å²) in [4.78, 5) is 36.5. The van der Waals surface area contributed by atoms with Gasteiger partial charge in [-0.05, 0) is 31.0 Å². The molecule has 24 heavy (non-hydrogen) atoms. The molecule has 1 atom stereocenters. The van der Waals surface area contributed by atoms with E-state index < -0.39 is 11.6 Å². The molecular weight excluding hydrogens is 332 g/mol. The average molecular weight is 355 g/mol. The molecule has 0 aromatic heterocycles. The molecule has 1 saturated heterocycles. The summed E-state index contributed by atoms with van der Waals surface area (Å²) in [5.41, 5.74) is 6.41. The van der Waals surface area contributed by atoms with Crippen LogP contribution in [0.5, 0.6) is 0 Å². The lowest BCUT2D eigenvalue weighted by molar-refractivity contribution is -0.125. The van der Waals surface area contributed by atoms with Crippen LogP contribution in [0.25, 0.3) is 0 Å².